The molecule has 0 bridgehead atoms. The van der Waals surface area contributed by atoms with E-state index in [1.807, 2.05) is 24.8 Å². The van der Waals surface area contributed by atoms with Crippen LogP contribution in [0.25, 0.3) is 77.5 Å². The number of fused-ring (bicyclic) bond motifs is 6. The van der Waals surface area contributed by atoms with Gasteiger partial charge >= 0.3 is 0 Å². The lowest BCUT2D eigenvalue weighted by Crippen LogP contribution is -2.13. The maximum atomic E-state index is 5.87. The molecule has 0 spiro atoms. The Hall–Kier alpha value is -7.83. The van der Waals surface area contributed by atoms with E-state index in [4.69, 9.17) is 4.98 Å². The summed E-state index contributed by atoms with van der Waals surface area (Å²) in [6, 6.07) is 58.8. The fourth-order valence-corrected chi connectivity index (χ4v) is 10.4. The highest BCUT2D eigenvalue weighted by Gasteiger charge is 2.26. The third kappa shape index (κ3) is 8.77. The third-order valence-electron chi connectivity index (χ3n) is 14.8. The Labute approximate surface area is 431 Å². The van der Waals surface area contributed by atoms with Crippen LogP contribution in [0.1, 0.15) is 105 Å². The first kappa shape index (κ1) is 47.5. The van der Waals surface area contributed by atoms with Crippen LogP contribution < -0.4 is 4.90 Å². The summed E-state index contributed by atoms with van der Waals surface area (Å²) in [5, 5.41) is 4.88. The van der Waals surface area contributed by atoms with E-state index in [-0.39, 0.29) is 21.7 Å². The predicted molar refractivity (Wildman–Crippen MR) is 309 cm³/mol. The number of rotatable bonds is 7. The van der Waals surface area contributed by atoms with Crippen molar-refractivity contribution < 1.29 is 0 Å². The summed E-state index contributed by atoms with van der Waals surface area (Å²) >= 11 is 0. The first-order chi connectivity index (χ1) is 34.7. The molecule has 11 aromatic rings. The molecule has 6 aromatic carbocycles. The molecule has 364 valence electrons. The van der Waals surface area contributed by atoms with Gasteiger partial charge in [0.15, 0.2) is 0 Å². The van der Waals surface area contributed by atoms with Gasteiger partial charge in [0.2, 0.25) is 0 Å². The molecule has 5 heterocycles. The van der Waals surface area contributed by atoms with Crippen LogP contribution in [-0.4, -0.2) is 24.1 Å². The molecule has 11 rings (SSSR count). The average molecular weight is 955 g/mol. The molecule has 0 aliphatic rings. The van der Waals surface area contributed by atoms with E-state index in [2.05, 4.69) is 265 Å². The second kappa shape index (κ2) is 17.4. The highest BCUT2D eigenvalue weighted by Crippen LogP contribution is 2.44. The molecule has 5 aromatic heterocycles. The SMILES string of the molecule is CC(C)(C)c1ccc2c(c1)c1cc(C(C)(C)C)ccc1n2-c1cc(N(c2ccc(-c3ccncc3)cc2)c2ccc(-c3ccncc3)cc2)cc(-n2c3ccc(C(C)(C)C)cc3c3cc(C(C)(C)C)ccc32)n1. The smallest absolute Gasteiger partial charge is 0.142 e. The molecule has 0 N–H and O–H groups in total. The molecule has 0 aliphatic carbocycles. The Kier molecular flexibility index (Phi) is 11.3. The van der Waals surface area contributed by atoms with Crippen LogP contribution in [0.4, 0.5) is 17.1 Å². The number of nitrogens with zero attached hydrogens (tertiary/aromatic N) is 6. The van der Waals surface area contributed by atoms with Gasteiger partial charge in [0.25, 0.3) is 0 Å². The predicted octanol–water partition coefficient (Wildman–Crippen LogP) is 18.1. The van der Waals surface area contributed by atoms with Crippen molar-refractivity contribution in [3.8, 4) is 33.9 Å². The summed E-state index contributed by atoms with van der Waals surface area (Å²) in [5.74, 6) is 1.66. The first-order valence-electron chi connectivity index (χ1n) is 25.7. The van der Waals surface area contributed by atoms with Crippen LogP contribution in [0.5, 0.6) is 0 Å². The highest BCUT2D eigenvalue weighted by molar-refractivity contribution is 6.11. The zero-order valence-electron chi connectivity index (χ0n) is 44.5. The average Bonchev–Trinajstić information content (AvgIpc) is 3.88. The molecule has 0 atom stereocenters. The van der Waals surface area contributed by atoms with Crippen molar-refractivity contribution in [1.82, 2.24) is 24.1 Å². The normalized spacial score (nSPS) is 12.7. The molecule has 0 aliphatic heterocycles. The standard InChI is InChI=1S/C67H66N6/c1-64(2,3)47-17-25-58-54(37-47)55-38-48(65(4,5)6)18-26-59(55)72(58)62-41-53(42-63(70-62)73-60-27-19-49(66(7,8)9)39-56(60)57-40-50(67(10,11)12)20-28-61(57)73)71(51-21-13-43(14-22-51)45-29-33-68-34-30-45)52-23-15-44(16-24-52)46-31-35-69-36-32-46/h13-42H,1-12H3. The zero-order valence-corrected chi connectivity index (χ0v) is 44.5. The minimum absolute atomic E-state index is 0.0355. The Morgan fingerprint density at radius 3 is 0.849 bits per heavy atom. The van der Waals surface area contributed by atoms with E-state index < -0.39 is 0 Å². The Morgan fingerprint density at radius 1 is 0.301 bits per heavy atom. The van der Waals surface area contributed by atoms with E-state index in [9.17, 15) is 0 Å². The minimum Gasteiger partial charge on any atom is -0.310 e. The summed E-state index contributed by atoms with van der Waals surface area (Å²) in [4.78, 5) is 16.8. The molecule has 73 heavy (non-hydrogen) atoms. The van der Waals surface area contributed by atoms with E-state index in [1.165, 1.54) is 43.8 Å². The monoisotopic (exact) mass is 955 g/mol. The minimum atomic E-state index is -0.0355. The fraction of sp³-hybridized carbons (Fsp3) is 0.239. The number of pyridine rings is 3. The number of hydrogen-bond donors (Lipinski definition) is 0. The van der Waals surface area contributed by atoms with Gasteiger partial charge in [-0.25, -0.2) is 4.98 Å². The quantitative estimate of drug-likeness (QED) is 0.160. The molecule has 0 radical (unpaired) electrons. The lowest BCUT2D eigenvalue weighted by molar-refractivity contribution is 0.590. The zero-order chi connectivity index (χ0) is 51.2. The van der Waals surface area contributed by atoms with Crippen molar-refractivity contribution in [2.75, 3.05) is 4.90 Å². The van der Waals surface area contributed by atoms with E-state index >= 15 is 0 Å². The topological polar surface area (TPSA) is 51.8 Å². The molecular weight excluding hydrogens is 889 g/mol. The summed E-state index contributed by atoms with van der Waals surface area (Å²) < 4.78 is 4.80. The second-order valence-electron chi connectivity index (χ2n) is 24.0. The summed E-state index contributed by atoms with van der Waals surface area (Å²) in [5.41, 5.74) is 17.0. The molecule has 0 saturated heterocycles. The van der Waals surface area contributed by atoms with Crippen LogP contribution in [0.2, 0.25) is 0 Å². The number of anilines is 3. The van der Waals surface area contributed by atoms with Crippen molar-refractivity contribution in [2.24, 2.45) is 0 Å². The van der Waals surface area contributed by atoms with Crippen LogP contribution >= 0.6 is 0 Å². The maximum absolute atomic E-state index is 5.87. The van der Waals surface area contributed by atoms with Gasteiger partial charge in [-0.3, -0.25) is 19.1 Å². The Bertz CT molecular complexity index is 3460. The van der Waals surface area contributed by atoms with E-state index in [0.29, 0.717) is 0 Å². The lowest BCUT2D eigenvalue weighted by atomic mass is 9.85. The van der Waals surface area contributed by atoms with Crippen molar-refractivity contribution in [1.29, 1.82) is 0 Å². The number of benzene rings is 6. The fourth-order valence-electron chi connectivity index (χ4n) is 10.4. The van der Waals surface area contributed by atoms with Crippen molar-refractivity contribution >= 4 is 60.7 Å². The number of aromatic nitrogens is 5. The van der Waals surface area contributed by atoms with Crippen LogP contribution in [0.3, 0.4) is 0 Å². The van der Waals surface area contributed by atoms with E-state index in [0.717, 1.165) is 73.0 Å². The molecule has 6 heteroatoms. The molecule has 0 saturated carbocycles. The Balaban J connectivity index is 1.24. The third-order valence-corrected chi connectivity index (χ3v) is 14.8. The molecule has 6 nitrogen and oxygen atoms in total. The van der Waals surface area contributed by atoms with Gasteiger partial charge in [0, 0.05) is 69.8 Å². The summed E-state index contributed by atoms with van der Waals surface area (Å²) in [6.45, 7) is 27.6. The lowest BCUT2D eigenvalue weighted by Gasteiger charge is -2.27. The van der Waals surface area contributed by atoms with Gasteiger partial charge in [-0.2, -0.15) is 0 Å². The summed E-state index contributed by atoms with van der Waals surface area (Å²) in [7, 11) is 0. The van der Waals surface area contributed by atoms with E-state index in [1.54, 1.807) is 0 Å². The van der Waals surface area contributed by atoms with Crippen molar-refractivity contribution in [2.45, 2.75) is 105 Å². The molecule has 0 amide bonds. The molecule has 0 unspecified atom stereocenters. The van der Waals surface area contributed by atoms with Gasteiger partial charge in [0.1, 0.15) is 11.6 Å². The van der Waals surface area contributed by atoms with Crippen molar-refractivity contribution in [3.63, 3.8) is 0 Å². The summed E-state index contributed by atoms with van der Waals surface area (Å²) in [6.07, 6.45) is 7.41. The number of hydrogen-bond acceptors (Lipinski definition) is 4. The second-order valence-corrected chi connectivity index (χ2v) is 24.0. The van der Waals surface area contributed by atoms with Gasteiger partial charge < -0.3 is 4.90 Å². The highest BCUT2D eigenvalue weighted by atomic mass is 15.2. The maximum Gasteiger partial charge on any atom is 0.142 e. The van der Waals surface area contributed by atoms with Gasteiger partial charge in [-0.15, -0.1) is 0 Å². The molecular formula is C67H66N6. The van der Waals surface area contributed by atoms with Gasteiger partial charge in [-0.1, -0.05) is 132 Å². The van der Waals surface area contributed by atoms with Gasteiger partial charge in [-0.05, 0) is 163 Å². The van der Waals surface area contributed by atoms with Crippen LogP contribution in [0.15, 0.2) is 183 Å². The van der Waals surface area contributed by atoms with Gasteiger partial charge in [0.05, 0.1) is 27.8 Å². The van der Waals surface area contributed by atoms with Crippen LogP contribution in [0, 0.1) is 0 Å². The van der Waals surface area contributed by atoms with Crippen LogP contribution in [-0.2, 0) is 21.7 Å². The van der Waals surface area contributed by atoms with Crippen molar-refractivity contribution in [3.05, 3.63) is 205 Å². The molecule has 0 fully saturated rings. The largest absolute Gasteiger partial charge is 0.310 e. The Morgan fingerprint density at radius 2 is 0.575 bits per heavy atom. The first-order valence-corrected chi connectivity index (χ1v) is 25.7.